The molecule has 0 aliphatic carbocycles. The number of rotatable bonds is 2. The Labute approximate surface area is 96.0 Å². The lowest BCUT2D eigenvalue weighted by atomic mass is 10.0. The van der Waals surface area contributed by atoms with Gasteiger partial charge in [-0.25, -0.2) is 9.97 Å². The van der Waals surface area contributed by atoms with Crippen molar-refractivity contribution in [1.29, 1.82) is 0 Å². The zero-order valence-electron chi connectivity index (χ0n) is 10.2. The van der Waals surface area contributed by atoms with Crippen LogP contribution in [0.3, 0.4) is 0 Å². The number of pyridine rings is 1. The lowest BCUT2D eigenvalue weighted by Crippen LogP contribution is -1.99. The van der Waals surface area contributed by atoms with Crippen molar-refractivity contribution >= 4 is 11.0 Å². The standard InChI is InChI=1S/C13H17N3/c1-8(2)10-5-11-13(14-6-10)12(9(3)4)16-7-15-11/h5-9H,1-4H3. The Morgan fingerprint density at radius 1 is 0.938 bits per heavy atom. The molecule has 16 heavy (non-hydrogen) atoms. The van der Waals surface area contributed by atoms with Crippen LogP contribution in [0.1, 0.15) is 50.8 Å². The van der Waals surface area contributed by atoms with Crippen molar-refractivity contribution in [2.45, 2.75) is 39.5 Å². The van der Waals surface area contributed by atoms with Crippen LogP contribution in [-0.4, -0.2) is 15.0 Å². The molecule has 0 N–H and O–H groups in total. The number of fused-ring (bicyclic) bond motifs is 1. The fourth-order valence-corrected chi connectivity index (χ4v) is 1.72. The van der Waals surface area contributed by atoms with E-state index in [-0.39, 0.29) is 0 Å². The van der Waals surface area contributed by atoms with Gasteiger partial charge in [0.05, 0.1) is 11.2 Å². The molecule has 2 aromatic heterocycles. The van der Waals surface area contributed by atoms with Crippen molar-refractivity contribution in [3.63, 3.8) is 0 Å². The molecule has 0 aliphatic rings. The van der Waals surface area contributed by atoms with Gasteiger partial charge in [-0.05, 0) is 23.5 Å². The van der Waals surface area contributed by atoms with Crippen LogP contribution in [0.2, 0.25) is 0 Å². The topological polar surface area (TPSA) is 38.7 Å². The highest BCUT2D eigenvalue weighted by Gasteiger charge is 2.10. The van der Waals surface area contributed by atoms with Crippen LogP contribution < -0.4 is 0 Å². The molecule has 84 valence electrons. The van der Waals surface area contributed by atoms with Crippen LogP contribution in [0, 0.1) is 0 Å². The maximum atomic E-state index is 4.50. The van der Waals surface area contributed by atoms with Gasteiger partial charge in [0, 0.05) is 6.20 Å². The van der Waals surface area contributed by atoms with Gasteiger partial charge in [-0.1, -0.05) is 27.7 Å². The summed E-state index contributed by atoms with van der Waals surface area (Å²) in [4.78, 5) is 13.1. The molecule has 2 aromatic rings. The first-order valence-electron chi connectivity index (χ1n) is 5.70. The fraction of sp³-hybridized carbons (Fsp3) is 0.462. The predicted octanol–water partition coefficient (Wildman–Crippen LogP) is 3.27. The fourth-order valence-electron chi connectivity index (χ4n) is 1.72. The zero-order chi connectivity index (χ0) is 11.7. The summed E-state index contributed by atoms with van der Waals surface area (Å²) in [6.07, 6.45) is 3.56. The number of aromatic nitrogens is 3. The van der Waals surface area contributed by atoms with Crippen LogP contribution in [0.25, 0.3) is 11.0 Å². The highest BCUT2D eigenvalue weighted by atomic mass is 14.9. The Kier molecular flexibility index (Phi) is 2.86. The lowest BCUT2D eigenvalue weighted by Gasteiger charge is -2.09. The summed E-state index contributed by atoms with van der Waals surface area (Å²) in [5.74, 6) is 0.859. The molecule has 0 radical (unpaired) electrons. The van der Waals surface area contributed by atoms with E-state index in [4.69, 9.17) is 0 Å². The third-order valence-corrected chi connectivity index (χ3v) is 2.74. The number of nitrogens with zero attached hydrogens (tertiary/aromatic N) is 3. The van der Waals surface area contributed by atoms with E-state index in [1.165, 1.54) is 5.56 Å². The Hall–Kier alpha value is -1.51. The van der Waals surface area contributed by atoms with Gasteiger partial charge in [0.1, 0.15) is 11.8 Å². The van der Waals surface area contributed by atoms with Crippen molar-refractivity contribution in [2.24, 2.45) is 0 Å². The van der Waals surface area contributed by atoms with E-state index in [2.05, 4.69) is 48.7 Å². The molecular formula is C13H17N3. The average Bonchev–Trinajstić information content (AvgIpc) is 2.27. The van der Waals surface area contributed by atoms with Gasteiger partial charge in [0.25, 0.3) is 0 Å². The van der Waals surface area contributed by atoms with E-state index in [1.54, 1.807) is 6.33 Å². The molecule has 0 amide bonds. The molecule has 3 nitrogen and oxygen atoms in total. The first-order valence-corrected chi connectivity index (χ1v) is 5.70. The first-order chi connectivity index (χ1) is 7.59. The molecule has 0 aliphatic heterocycles. The van der Waals surface area contributed by atoms with Crippen molar-refractivity contribution in [2.75, 3.05) is 0 Å². The summed E-state index contributed by atoms with van der Waals surface area (Å²) < 4.78 is 0. The Morgan fingerprint density at radius 2 is 1.69 bits per heavy atom. The van der Waals surface area contributed by atoms with E-state index in [0.717, 1.165) is 16.7 Å². The van der Waals surface area contributed by atoms with E-state index in [1.807, 2.05) is 6.20 Å². The molecule has 0 atom stereocenters. The van der Waals surface area contributed by atoms with Gasteiger partial charge in [-0.2, -0.15) is 0 Å². The summed E-state index contributed by atoms with van der Waals surface area (Å²) in [5, 5.41) is 0. The molecule has 0 unspecified atom stereocenters. The second-order valence-corrected chi connectivity index (χ2v) is 4.70. The molecule has 0 aromatic carbocycles. The third kappa shape index (κ3) is 1.90. The summed E-state index contributed by atoms with van der Waals surface area (Å²) in [7, 11) is 0. The molecule has 0 fully saturated rings. The third-order valence-electron chi connectivity index (χ3n) is 2.74. The van der Waals surface area contributed by atoms with E-state index in [0.29, 0.717) is 11.8 Å². The zero-order valence-corrected chi connectivity index (χ0v) is 10.2. The average molecular weight is 215 g/mol. The Balaban J connectivity index is 2.64. The van der Waals surface area contributed by atoms with Crippen LogP contribution >= 0.6 is 0 Å². The van der Waals surface area contributed by atoms with Crippen LogP contribution in [0.15, 0.2) is 18.6 Å². The summed E-state index contributed by atoms with van der Waals surface area (Å²) >= 11 is 0. The largest absolute Gasteiger partial charge is 0.252 e. The number of hydrogen-bond donors (Lipinski definition) is 0. The van der Waals surface area contributed by atoms with Crippen LogP contribution in [0.5, 0.6) is 0 Å². The second kappa shape index (κ2) is 4.16. The van der Waals surface area contributed by atoms with Gasteiger partial charge in [0.15, 0.2) is 0 Å². The number of hydrogen-bond acceptors (Lipinski definition) is 3. The van der Waals surface area contributed by atoms with Crippen molar-refractivity contribution in [3.8, 4) is 0 Å². The highest BCUT2D eigenvalue weighted by Crippen LogP contribution is 2.22. The minimum absolute atomic E-state index is 0.378. The van der Waals surface area contributed by atoms with Gasteiger partial charge in [-0.15, -0.1) is 0 Å². The molecule has 2 heterocycles. The van der Waals surface area contributed by atoms with Gasteiger partial charge >= 0.3 is 0 Å². The lowest BCUT2D eigenvalue weighted by molar-refractivity contribution is 0.820. The molecule has 0 spiro atoms. The molecule has 2 rings (SSSR count). The molecule has 0 saturated carbocycles. The van der Waals surface area contributed by atoms with Crippen molar-refractivity contribution in [3.05, 3.63) is 29.8 Å². The maximum Gasteiger partial charge on any atom is 0.116 e. The first kappa shape index (κ1) is 11.0. The Bertz CT molecular complexity index is 504. The minimum atomic E-state index is 0.378. The van der Waals surface area contributed by atoms with E-state index >= 15 is 0 Å². The monoisotopic (exact) mass is 215 g/mol. The van der Waals surface area contributed by atoms with Crippen LogP contribution in [0.4, 0.5) is 0 Å². The molecule has 3 heteroatoms. The predicted molar refractivity (Wildman–Crippen MR) is 65.5 cm³/mol. The van der Waals surface area contributed by atoms with Crippen molar-refractivity contribution in [1.82, 2.24) is 15.0 Å². The van der Waals surface area contributed by atoms with Gasteiger partial charge < -0.3 is 0 Å². The minimum Gasteiger partial charge on any atom is -0.252 e. The van der Waals surface area contributed by atoms with Crippen LogP contribution in [-0.2, 0) is 0 Å². The normalized spacial score (nSPS) is 11.6. The SMILES string of the molecule is CC(C)c1cnc2c(C(C)C)ncnc2c1. The van der Waals surface area contributed by atoms with E-state index < -0.39 is 0 Å². The summed E-state index contributed by atoms with van der Waals surface area (Å²) in [5.41, 5.74) is 4.13. The summed E-state index contributed by atoms with van der Waals surface area (Å²) in [6, 6.07) is 2.11. The highest BCUT2D eigenvalue weighted by molar-refractivity contribution is 5.77. The van der Waals surface area contributed by atoms with E-state index in [9.17, 15) is 0 Å². The Morgan fingerprint density at radius 3 is 2.31 bits per heavy atom. The van der Waals surface area contributed by atoms with Crippen molar-refractivity contribution < 1.29 is 0 Å². The molecule has 0 saturated heterocycles. The quantitative estimate of drug-likeness (QED) is 0.771. The smallest absolute Gasteiger partial charge is 0.116 e. The molecular weight excluding hydrogens is 198 g/mol. The second-order valence-electron chi connectivity index (χ2n) is 4.70. The molecule has 0 bridgehead atoms. The summed E-state index contributed by atoms with van der Waals surface area (Å²) in [6.45, 7) is 8.57. The maximum absolute atomic E-state index is 4.50. The van der Waals surface area contributed by atoms with Gasteiger partial charge in [-0.3, -0.25) is 4.98 Å². The van der Waals surface area contributed by atoms with Gasteiger partial charge in [0.2, 0.25) is 0 Å².